The van der Waals surface area contributed by atoms with Crippen LogP contribution in [0.5, 0.6) is 0 Å². The monoisotopic (exact) mass is 236 g/mol. The minimum atomic E-state index is 0.561. The third-order valence-corrected chi connectivity index (χ3v) is 5.12. The molecule has 0 amide bonds. The van der Waals surface area contributed by atoms with Crippen molar-refractivity contribution in [3.8, 4) is 0 Å². The minimum absolute atomic E-state index is 0.561. The standard InChI is InChI=1S/C14H24N2O/c17-15-14-11-5-4-6-12(14)13(8-7-11)16-9-2-1-3-10-16/h11-13,17H,1-10H2/t11-,12-,13+/m0/s1. The Labute approximate surface area is 104 Å². The zero-order valence-electron chi connectivity index (χ0n) is 10.6. The Kier molecular flexibility index (Phi) is 3.37. The predicted octanol–water partition coefficient (Wildman–Crippen LogP) is 2.88. The molecule has 1 saturated heterocycles. The maximum atomic E-state index is 9.28. The second-order valence-corrected chi connectivity index (χ2v) is 6.00. The highest BCUT2D eigenvalue weighted by Gasteiger charge is 2.41. The molecule has 96 valence electrons. The number of fused-ring (bicyclic) bond motifs is 2. The highest BCUT2D eigenvalue weighted by Crippen LogP contribution is 2.40. The lowest BCUT2D eigenvalue weighted by molar-refractivity contribution is 0.0972. The lowest BCUT2D eigenvalue weighted by Crippen LogP contribution is -2.51. The summed E-state index contributed by atoms with van der Waals surface area (Å²) in [6.45, 7) is 2.54. The van der Waals surface area contributed by atoms with Crippen LogP contribution in [0.3, 0.4) is 0 Å². The van der Waals surface area contributed by atoms with Crippen molar-refractivity contribution >= 4 is 5.71 Å². The van der Waals surface area contributed by atoms with Gasteiger partial charge in [0.25, 0.3) is 0 Å². The predicted molar refractivity (Wildman–Crippen MR) is 68.5 cm³/mol. The zero-order chi connectivity index (χ0) is 11.7. The highest BCUT2D eigenvalue weighted by atomic mass is 16.4. The first-order chi connectivity index (χ1) is 8.40. The maximum Gasteiger partial charge on any atom is 0.0648 e. The van der Waals surface area contributed by atoms with Gasteiger partial charge in [-0.25, -0.2) is 0 Å². The number of hydrogen-bond donors (Lipinski definition) is 1. The van der Waals surface area contributed by atoms with E-state index in [0.29, 0.717) is 17.9 Å². The van der Waals surface area contributed by atoms with E-state index in [9.17, 15) is 5.21 Å². The van der Waals surface area contributed by atoms with Gasteiger partial charge in [-0.2, -0.15) is 0 Å². The van der Waals surface area contributed by atoms with Gasteiger partial charge in [-0.3, -0.25) is 4.90 Å². The molecule has 17 heavy (non-hydrogen) atoms. The van der Waals surface area contributed by atoms with E-state index in [-0.39, 0.29) is 0 Å². The van der Waals surface area contributed by atoms with Crippen LogP contribution in [-0.4, -0.2) is 35.0 Å². The molecule has 1 aliphatic heterocycles. The number of rotatable bonds is 1. The summed E-state index contributed by atoms with van der Waals surface area (Å²) in [6.07, 6.45) is 10.5. The third-order valence-electron chi connectivity index (χ3n) is 5.12. The molecule has 1 N–H and O–H groups in total. The van der Waals surface area contributed by atoms with E-state index in [1.165, 1.54) is 64.5 Å². The Bertz CT molecular complexity index is 297. The Balaban J connectivity index is 1.76. The fourth-order valence-corrected chi connectivity index (χ4v) is 4.28. The smallest absolute Gasteiger partial charge is 0.0648 e. The fraction of sp³-hybridized carbons (Fsp3) is 0.929. The lowest BCUT2D eigenvalue weighted by atomic mass is 9.67. The number of piperidine rings is 1. The molecule has 0 spiro atoms. The van der Waals surface area contributed by atoms with E-state index >= 15 is 0 Å². The Morgan fingerprint density at radius 2 is 1.76 bits per heavy atom. The highest BCUT2D eigenvalue weighted by molar-refractivity contribution is 5.90. The van der Waals surface area contributed by atoms with Crippen LogP contribution in [0.4, 0.5) is 0 Å². The molecule has 3 nitrogen and oxygen atoms in total. The number of hydrogen-bond acceptors (Lipinski definition) is 3. The van der Waals surface area contributed by atoms with Crippen molar-refractivity contribution in [1.29, 1.82) is 0 Å². The van der Waals surface area contributed by atoms with Crippen molar-refractivity contribution in [2.24, 2.45) is 17.0 Å². The van der Waals surface area contributed by atoms with Gasteiger partial charge in [0.2, 0.25) is 0 Å². The van der Waals surface area contributed by atoms with Crippen molar-refractivity contribution in [3.63, 3.8) is 0 Å². The van der Waals surface area contributed by atoms with Crippen molar-refractivity contribution < 1.29 is 5.21 Å². The SMILES string of the molecule is ON=C1[C@H]2CCC[C@H]1[C@H](N1CCCCC1)CC2. The molecule has 0 aromatic rings. The van der Waals surface area contributed by atoms with Gasteiger partial charge in [0.15, 0.2) is 0 Å². The Hall–Kier alpha value is -0.570. The molecule has 2 bridgehead atoms. The molecular formula is C14H24N2O. The summed E-state index contributed by atoms with van der Waals surface area (Å²) in [5, 5.41) is 12.9. The van der Waals surface area contributed by atoms with Gasteiger partial charge >= 0.3 is 0 Å². The average Bonchev–Trinajstić information content (AvgIpc) is 2.39. The van der Waals surface area contributed by atoms with Crippen LogP contribution < -0.4 is 0 Å². The largest absolute Gasteiger partial charge is 0.411 e. The fourth-order valence-electron chi connectivity index (χ4n) is 4.28. The van der Waals surface area contributed by atoms with Crippen LogP contribution in [0.2, 0.25) is 0 Å². The molecule has 0 unspecified atom stereocenters. The average molecular weight is 236 g/mol. The van der Waals surface area contributed by atoms with Crippen LogP contribution in [-0.2, 0) is 0 Å². The van der Waals surface area contributed by atoms with Gasteiger partial charge in [0, 0.05) is 17.9 Å². The molecule has 3 atom stereocenters. The second-order valence-electron chi connectivity index (χ2n) is 6.00. The van der Waals surface area contributed by atoms with Crippen LogP contribution in [0.15, 0.2) is 5.16 Å². The van der Waals surface area contributed by atoms with Gasteiger partial charge < -0.3 is 5.21 Å². The van der Waals surface area contributed by atoms with Crippen LogP contribution >= 0.6 is 0 Å². The van der Waals surface area contributed by atoms with Gasteiger partial charge in [-0.15, -0.1) is 0 Å². The van der Waals surface area contributed by atoms with E-state index in [1.54, 1.807) is 0 Å². The number of nitrogens with zero attached hydrogens (tertiary/aromatic N) is 2. The Morgan fingerprint density at radius 3 is 2.53 bits per heavy atom. The summed E-state index contributed by atoms with van der Waals surface area (Å²) < 4.78 is 0. The van der Waals surface area contributed by atoms with Gasteiger partial charge in [-0.1, -0.05) is 18.0 Å². The second kappa shape index (κ2) is 4.97. The minimum Gasteiger partial charge on any atom is -0.411 e. The van der Waals surface area contributed by atoms with E-state index < -0.39 is 0 Å². The number of likely N-dealkylation sites (tertiary alicyclic amines) is 1. The molecule has 3 rings (SSSR count). The molecule has 0 aromatic heterocycles. The molecule has 3 heteroatoms. The third kappa shape index (κ3) is 2.10. The van der Waals surface area contributed by atoms with Crippen molar-refractivity contribution in [1.82, 2.24) is 4.90 Å². The van der Waals surface area contributed by atoms with Crippen LogP contribution in [0.1, 0.15) is 51.4 Å². The van der Waals surface area contributed by atoms with Crippen LogP contribution in [0, 0.1) is 11.8 Å². The summed E-state index contributed by atoms with van der Waals surface area (Å²) in [7, 11) is 0. The van der Waals surface area contributed by atoms with Crippen molar-refractivity contribution in [2.45, 2.75) is 57.4 Å². The summed E-state index contributed by atoms with van der Waals surface area (Å²) in [4.78, 5) is 2.68. The Morgan fingerprint density at radius 1 is 0.941 bits per heavy atom. The van der Waals surface area contributed by atoms with E-state index in [2.05, 4.69) is 10.1 Å². The van der Waals surface area contributed by atoms with Gasteiger partial charge in [-0.05, 0) is 51.6 Å². The topological polar surface area (TPSA) is 35.8 Å². The molecule has 0 aromatic carbocycles. The molecule has 3 fully saturated rings. The molecule has 2 saturated carbocycles. The molecule has 1 heterocycles. The molecule has 0 radical (unpaired) electrons. The summed E-state index contributed by atoms with van der Waals surface area (Å²) in [5.41, 5.74) is 1.14. The zero-order valence-corrected chi connectivity index (χ0v) is 10.6. The first kappa shape index (κ1) is 11.5. The van der Waals surface area contributed by atoms with Crippen molar-refractivity contribution in [2.75, 3.05) is 13.1 Å². The summed E-state index contributed by atoms with van der Waals surface area (Å²) in [6, 6.07) is 0.678. The van der Waals surface area contributed by atoms with Crippen molar-refractivity contribution in [3.05, 3.63) is 0 Å². The summed E-state index contributed by atoms with van der Waals surface area (Å²) in [5.74, 6) is 1.16. The maximum absolute atomic E-state index is 9.28. The molecule has 2 aliphatic carbocycles. The van der Waals surface area contributed by atoms with E-state index in [0.717, 1.165) is 5.71 Å². The number of oxime groups is 1. The quantitative estimate of drug-likeness (QED) is 0.561. The lowest BCUT2D eigenvalue weighted by Gasteiger charge is -2.46. The van der Waals surface area contributed by atoms with E-state index in [1.807, 2.05) is 0 Å². The molecular weight excluding hydrogens is 212 g/mol. The van der Waals surface area contributed by atoms with E-state index in [4.69, 9.17) is 0 Å². The van der Waals surface area contributed by atoms with Gasteiger partial charge in [0.1, 0.15) is 0 Å². The normalized spacial score (nSPS) is 41.6. The first-order valence-corrected chi connectivity index (χ1v) is 7.36. The van der Waals surface area contributed by atoms with Gasteiger partial charge in [0.05, 0.1) is 5.71 Å². The van der Waals surface area contributed by atoms with Crippen LogP contribution in [0.25, 0.3) is 0 Å². The first-order valence-electron chi connectivity index (χ1n) is 7.36. The summed E-state index contributed by atoms with van der Waals surface area (Å²) >= 11 is 0. The molecule has 3 aliphatic rings.